The summed E-state index contributed by atoms with van der Waals surface area (Å²) in [7, 11) is 1.48. The molecule has 0 aliphatic rings. The fourth-order valence-electron chi connectivity index (χ4n) is 2.27. The molecule has 2 aromatic carbocycles. The van der Waals surface area contributed by atoms with E-state index in [1.807, 2.05) is 36.4 Å². The molecule has 0 spiro atoms. The lowest BCUT2D eigenvalue weighted by Crippen LogP contribution is -2.17. The minimum absolute atomic E-state index is 0.0108. The molecule has 3 aromatic rings. The number of carbonyl (C=O) groups excluding carboxylic acids is 1. The van der Waals surface area contributed by atoms with Crippen LogP contribution >= 0.6 is 22.6 Å². The summed E-state index contributed by atoms with van der Waals surface area (Å²) in [5, 5.41) is 6.91. The van der Waals surface area contributed by atoms with Gasteiger partial charge in [-0.25, -0.2) is 9.97 Å². The van der Waals surface area contributed by atoms with Crippen molar-refractivity contribution in [1.29, 1.82) is 0 Å². The van der Waals surface area contributed by atoms with E-state index in [2.05, 4.69) is 43.2 Å². The van der Waals surface area contributed by atoms with Gasteiger partial charge < -0.3 is 15.4 Å². The van der Waals surface area contributed by atoms with E-state index < -0.39 is 0 Å². The number of amides is 1. The van der Waals surface area contributed by atoms with E-state index in [9.17, 15) is 4.79 Å². The van der Waals surface area contributed by atoms with Crippen molar-refractivity contribution in [2.75, 3.05) is 24.4 Å². The second kappa shape index (κ2) is 7.54. The first-order valence-corrected chi connectivity index (χ1v) is 8.30. The highest BCUT2D eigenvalue weighted by Gasteiger charge is 2.07. The average Bonchev–Trinajstić information content (AvgIpc) is 2.56. The smallest absolute Gasteiger partial charge is 0.250 e. The van der Waals surface area contributed by atoms with E-state index in [-0.39, 0.29) is 12.5 Å². The van der Waals surface area contributed by atoms with Gasteiger partial charge in [-0.05, 0) is 59.0 Å². The highest BCUT2D eigenvalue weighted by molar-refractivity contribution is 14.1. The van der Waals surface area contributed by atoms with E-state index in [1.54, 1.807) is 6.07 Å². The second-order valence-corrected chi connectivity index (χ2v) is 6.32. The SMILES string of the molecule is COCC(=O)Nc1ccc2ncnc(Nc3cccc(I)c3)c2c1. The summed E-state index contributed by atoms with van der Waals surface area (Å²) in [6.07, 6.45) is 1.52. The monoisotopic (exact) mass is 434 g/mol. The third-order valence-corrected chi connectivity index (χ3v) is 3.95. The van der Waals surface area contributed by atoms with Gasteiger partial charge in [-0.2, -0.15) is 0 Å². The molecule has 0 atom stereocenters. The van der Waals surface area contributed by atoms with Crippen LogP contribution in [-0.4, -0.2) is 29.6 Å². The number of aromatic nitrogens is 2. The molecular formula is C17H15IN4O2. The van der Waals surface area contributed by atoms with Crippen LogP contribution in [-0.2, 0) is 9.53 Å². The van der Waals surface area contributed by atoms with E-state index in [0.717, 1.165) is 20.2 Å². The number of rotatable bonds is 5. The number of methoxy groups -OCH3 is 1. The summed E-state index contributed by atoms with van der Waals surface area (Å²) in [6, 6.07) is 13.5. The molecular weight excluding hydrogens is 419 g/mol. The predicted molar refractivity (Wildman–Crippen MR) is 102 cm³/mol. The first kappa shape index (κ1) is 16.6. The molecule has 2 N–H and O–H groups in total. The van der Waals surface area contributed by atoms with E-state index >= 15 is 0 Å². The lowest BCUT2D eigenvalue weighted by molar-refractivity contribution is -0.119. The van der Waals surface area contributed by atoms with E-state index in [4.69, 9.17) is 4.74 Å². The van der Waals surface area contributed by atoms with Gasteiger partial charge in [0.15, 0.2) is 0 Å². The van der Waals surface area contributed by atoms with Crippen LogP contribution in [0.3, 0.4) is 0 Å². The molecule has 0 saturated heterocycles. The first-order valence-electron chi connectivity index (χ1n) is 7.22. The summed E-state index contributed by atoms with van der Waals surface area (Å²) in [6.45, 7) is 0.0108. The number of hydrogen-bond acceptors (Lipinski definition) is 5. The first-order chi connectivity index (χ1) is 11.7. The highest BCUT2D eigenvalue weighted by Crippen LogP contribution is 2.26. The van der Waals surface area contributed by atoms with Crippen LogP contribution in [0, 0.1) is 3.57 Å². The molecule has 1 aromatic heterocycles. The highest BCUT2D eigenvalue weighted by atomic mass is 127. The molecule has 0 fully saturated rings. The van der Waals surface area contributed by atoms with Crippen molar-refractivity contribution in [1.82, 2.24) is 9.97 Å². The summed E-state index contributed by atoms with van der Waals surface area (Å²) < 4.78 is 5.96. The molecule has 0 aliphatic heterocycles. The van der Waals surface area contributed by atoms with Crippen molar-refractivity contribution in [2.45, 2.75) is 0 Å². The molecule has 1 heterocycles. The molecule has 122 valence electrons. The normalized spacial score (nSPS) is 10.6. The Kier molecular flexibility index (Phi) is 5.21. The number of fused-ring (bicyclic) bond motifs is 1. The Morgan fingerprint density at radius 3 is 2.83 bits per heavy atom. The minimum Gasteiger partial charge on any atom is -0.375 e. The zero-order valence-corrected chi connectivity index (χ0v) is 15.1. The molecule has 1 amide bonds. The number of nitrogens with zero attached hydrogens (tertiary/aromatic N) is 2. The Morgan fingerprint density at radius 2 is 2.04 bits per heavy atom. The van der Waals surface area contributed by atoms with Crippen molar-refractivity contribution in [3.05, 3.63) is 52.4 Å². The third-order valence-electron chi connectivity index (χ3n) is 3.28. The van der Waals surface area contributed by atoms with Gasteiger partial charge in [0.05, 0.1) is 5.52 Å². The maximum Gasteiger partial charge on any atom is 0.250 e. The molecule has 3 rings (SSSR count). The average molecular weight is 434 g/mol. The maximum absolute atomic E-state index is 11.7. The summed E-state index contributed by atoms with van der Waals surface area (Å²) in [4.78, 5) is 20.3. The quantitative estimate of drug-likeness (QED) is 0.601. The Labute approximate surface area is 152 Å². The van der Waals surface area contributed by atoms with Crippen LogP contribution in [0.1, 0.15) is 0 Å². The molecule has 0 saturated carbocycles. The van der Waals surface area contributed by atoms with Crippen LogP contribution in [0.15, 0.2) is 48.8 Å². The van der Waals surface area contributed by atoms with Crippen molar-refractivity contribution in [3.8, 4) is 0 Å². The molecule has 6 nitrogen and oxygen atoms in total. The van der Waals surface area contributed by atoms with Crippen molar-refractivity contribution in [2.24, 2.45) is 0 Å². The van der Waals surface area contributed by atoms with Crippen LogP contribution in [0.5, 0.6) is 0 Å². The number of ether oxygens (including phenoxy) is 1. The van der Waals surface area contributed by atoms with E-state index in [1.165, 1.54) is 13.4 Å². The van der Waals surface area contributed by atoms with Crippen LogP contribution in [0.2, 0.25) is 0 Å². The molecule has 7 heteroatoms. The maximum atomic E-state index is 11.7. The lowest BCUT2D eigenvalue weighted by atomic mass is 10.2. The van der Waals surface area contributed by atoms with Crippen molar-refractivity contribution < 1.29 is 9.53 Å². The Bertz CT molecular complexity index is 885. The Balaban J connectivity index is 1.94. The van der Waals surface area contributed by atoms with Gasteiger partial charge in [-0.15, -0.1) is 0 Å². The number of carbonyl (C=O) groups is 1. The standard InChI is InChI=1S/C17H15IN4O2/c1-24-9-16(23)21-13-5-6-15-14(8-13)17(20-10-19-15)22-12-4-2-3-11(18)7-12/h2-8,10H,9H2,1H3,(H,21,23)(H,19,20,22). The zero-order valence-electron chi connectivity index (χ0n) is 12.9. The van der Waals surface area contributed by atoms with Gasteiger partial charge in [0, 0.05) is 27.4 Å². The summed E-state index contributed by atoms with van der Waals surface area (Å²) in [5.41, 5.74) is 2.41. The minimum atomic E-state index is -0.208. The number of anilines is 3. The lowest BCUT2D eigenvalue weighted by Gasteiger charge is -2.10. The van der Waals surface area contributed by atoms with Crippen molar-refractivity contribution >= 4 is 56.6 Å². The largest absolute Gasteiger partial charge is 0.375 e. The van der Waals surface area contributed by atoms with Gasteiger partial charge in [0.1, 0.15) is 18.8 Å². The van der Waals surface area contributed by atoms with Gasteiger partial charge >= 0.3 is 0 Å². The molecule has 0 aliphatic carbocycles. The number of benzene rings is 2. The van der Waals surface area contributed by atoms with Crippen LogP contribution in [0.4, 0.5) is 17.2 Å². The topological polar surface area (TPSA) is 76.1 Å². The number of hydrogen-bond donors (Lipinski definition) is 2. The second-order valence-electron chi connectivity index (χ2n) is 5.07. The van der Waals surface area contributed by atoms with Gasteiger partial charge in [-0.3, -0.25) is 4.79 Å². The van der Waals surface area contributed by atoms with Gasteiger partial charge in [-0.1, -0.05) is 6.07 Å². The van der Waals surface area contributed by atoms with E-state index in [0.29, 0.717) is 11.5 Å². The molecule has 0 bridgehead atoms. The number of halogens is 1. The third kappa shape index (κ3) is 3.98. The molecule has 0 radical (unpaired) electrons. The summed E-state index contributed by atoms with van der Waals surface area (Å²) in [5.74, 6) is 0.477. The Morgan fingerprint density at radius 1 is 1.17 bits per heavy atom. The molecule has 24 heavy (non-hydrogen) atoms. The fourth-order valence-corrected chi connectivity index (χ4v) is 2.81. The predicted octanol–water partition coefficient (Wildman–Crippen LogP) is 3.56. The van der Waals surface area contributed by atoms with Crippen LogP contribution < -0.4 is 10.6 Å². The number of nitrogens with one attached hydrogen (secondary N) is 2. The summed E-state index contributed by atoms with van der Waals surface area (Å²) >= 11 is 2.26. The fraction of sp³-hybridized carbons (Fsp3) is 0.118. The Hall–Kier alpha value is -2.26. The van der Waals surface area contributed by atoms with Gasteiger partial charge in [0.25, 0.3) is 0 Å². The van der Waals surface area contributed by atoms with Crippen molar-refractivity contribution in [3.63, 3.8) is 0 Å². The zero-order chi connectivity index (χ0) is 16.9. The molecule has 0 unspecified atom stereocenters. The van der Waals surface area contributed by atoms with Gasteiger partial charge in [0.2, 0.25) is 5.91 Å². The van der Waals surface area contributed by atoms with Crippen LogP contribution in [0.25, 0.3) is 10.9 Å².